The van der Waals surface area contributed by atoms with E-state index in [0.29, 0.717) is 46.5 Å². The van der Waals surface area contributed by atoms with Gasteiger partial charge in [0.1, 0.15) is 11.5 Å². The molecule has 0 bridgehead atoms. The van der Waals surface area contributed by atoms with Crippen LogP contribution in [0.15, 0.2) is 72.8 Å². The molecule has 8 nitrogen and oxygen atoms in total. The Balaban J connectivity index is 1.39. The van der Waals surface area contributed by atoms with Crippen LogP contribution in [0.4, 0.5) is 0 Å². The van der Waals surface area contributed by atoms with Gasteiger partial charge in [-0.3, -0.25) is 4.79 Å². The first-order valence-electron chi connectivity index (χ1n) is 12.1. The molecular weight excluding hydrogens is 456 g/mol. The molecule has 3 aromatic carbocycles. The zero-order chi connectivity index (χ0) is 24.9. The van der Waals surface area contributed by atoms with Gasteiger partial charge < -0.3 is 20.3 Å². The molecule has 1 aromatic heterocycles. The monoisotopic (exact) mass is 484 g/mol. The van der Waals surface area contributed by atoms with E-state index in [-0.39, 0.29) is 17.4 Å². The lowest BCUT2D eigenvalue weighted by Gasteiger charge is -2.21. The number of phenolic OH excluding ortho intramolecular Hbond substituents is 2. The van der Waals surface area contributed by atoms with E-state index < -0.39 is 0 Å². The zero-order valence-electron chi connectivity index (χ0n) is 19.8. The third-order valence-corrected chi connectivity index (χ3v) is 6.45. The SMILES string of the molecule is O=C(NCCC1CCOCC1)c1ccc(-n2nc(-c3ccccc3O)nc2-c2ccccc2O)cc1. The maximum atomic E-state index is 12.7. The summed E-state index contributed by atoms with van der Waals surface area (Å²) in [6.07, 6.45) is 3.04. The summed E-state index contributed by atoms with van der Waals surface area (Å²) < 4.78 is 7.00. The van der Waals surface area contributed by atoms with Crippen molar-refractivity contribution in [3.8, 4) is 40.0 Å². The molecule has 4 aromatic rings. The first-order chi connectivity index (χ1) is 17.6. The molecule has 0 radical (unpaired) electrons. The summed E-state index contributed by atoms with van der Waals surface area (Å²) in [4.78, 5) is 17.3. The summed E-state index contributed by atoms with van der Waals surface area (Å²) in [6.45, 7) is 2.24. The number of aromatic hydroxyl groups is 2. The average molecular weight is 485 g/mol. The van der Waals surface area contributed by atoms with Gasteiger partial charge in [-0.15, -0.1) is 5.10 Å². The fourth-order valence-electron chi connectivity index (χ4n) is 4.39. The Labute approximate surface area is 209 Å². The number of amides is 1. The molecule has 0 atom stereocenters. The number of rotatable bonds is 7. The normalized spacial score (nSPS) is 14.0. The Bertz CT molecular complexity index is 1340. The summed E-state index contributed by atoms with van der Waals surface area (Å²) in [6, 6.07) is 20.8. The minimum atomic E-state index is -0.122. The predicted molar refractivity (Wildman–Crippen MR) is 136 cm³/mol. The molecule has 36 heavy (non-hydrogen) atoms. The molecule has 1 amide bonds. The molecule has 5 rings (SSSR count). The second-order valence-electron chi connectivity index (χ2n) is 8.85. The highest BCUT2D eigenvalue weighted by Gasteiger charge is 2.19. The summed E-state index contributed by atoms with van der Waals surface area (Å²) in [5.41, 5.74) is 2.20. The Morgan fingerprint density at radius 1 is 0.917 bits per heavy atom. The number of para-hydroxylation sites is 2. The van der Waals surface area contributed by atoms with E-state index in [1.165, 1.54) is 0 Å². The van der Waals surface area contributed by atoms with Crippen LogP contribution in [0.25, 0.3) is 28.5 Å². The maximum Gasteiger partial charge on any atom is 0.251 e. The van der Waals surface area contributed by atoms with E-state index in [4.69, 9.17) is 4.74 Å². The highest BCUT2D eigenvalue weighted by atomic mass is 16.5. The van der Waals surface area contributed by atoms with Crippen LogP contribution >= 0.6 is 0 Å². The van der Waals surface area contributed by atoms with Crippen molar-refractivity contribution in [1.82, 2.24) is 20.1 Å². The molecule has 8 heteroatoms. The van der Waals surface area contributed by atoms with Crippen molar-refractivity contribution < 1.29 is 19.7 Å². The van der Waals surface area contributed by atoms with Crippen LogP contribution in [0.1, 0.15) is 29.6 Å². The smallest absolute Gasteiger partial charge is 0.251 e. The number of carbonyl (C=O) groups excluding carboxylic acids is 1. The Kier molecular flexibility index (Phi) is 6.95. The van der Waals surface area contributed by atoms with Gasteiger partial charge in [0.2, 0.25) is 0 Å². The Morgan fingerprint density at radius 2 is 1.56 bits per heavy atom. The quantitative estimate of drug-likeness (QED) is 0.355. The lowest BCUT2D eigenvalue weighted by Crippen LogP contribution is -2.27. The Hall–Kier alpha value is -4.17. The first kappa shape index (κ1) is 23.6. The average Bonchev–Trinajstić information content (AvgIpc) is 3.35. The van der Waals surface area contributed by atoms with Gasteiger partial charge in [-0.1, -0.05) is 24.3 Å². The molecule has 0 aliphatic carbocycles. The lowest BCUT2D eigenvalue weighted by atomic mass is 9.97. The topological polar surface area (TPSA) is 110 Å². The molecule has 1 aliphatic rings. The van der Waals surface area contributed by atoms with Crippen LogP contribution in [0.5, 0.6) is 11.5 Å². The van der Waals surface area contributed by atoms with Gasteiger partial charge >= 0.3 is 0 Å². The van der Waals surface area contributed by atoms with E-state index in [1.807, 2.05) is 6.07 Å². The highest BCUT2D eigenvalue weighted by Crippen LogP contribution is 2.33. The molecule has 1 aliphatic heterocycles. The second-order valence-corrected chi connectivity index (χ2v) is 8.85. The van der Waals surface area contributed by atoms with Crippen molar-refractivity contribution in [1.29, 1.82) is 0 Å². The summed E-state index contributed by atoms with van der Waals surface area (Å²) in [7, 11) is 0. The van der Waals surface area contributed by atoms with Crippen molar-refractivity contribution >= 4 is 5.91 Å². The van der Waals surface area contributed by atoms with E-state index in [9.17, 15) is 15.0 Å². The third kappa shape index (κ3) is 5.08. The molecule has 0 saturated carbocycles. The van der Waals surface area contributed by atoms with Crippen LogP contribution in [-0.4, -0.2) is 50.6 Å². The van der Waals surface area contributed by atoms with E-state index in [1.54, 1.807) is 71.4 Å². The molecule has 0 spiro atoms. The van der Waals surface area contributed by atoms with Gasteiger partial charge in [-0.2, -0.15) is 0 Å². The molecule has 3 N–H and O–H groups in total. The summed E-state index contributed by atoms with van der Waals surface area (Å²) >= 11 is 0. The van der Waals surface area contributed by atoms with Crippen LogP contribution in [0, 0.1) is 5.92 Å². The minimum Gasteiger partial charge on any atom is -0.507 e. The number of benzene rings is 3. The second kappa shape index (κ2) is 10.6. The first-order valence-corrected chi connectivity index (χ1v) is 12.1. The Morgan fingerprint density at radius 3 is 2.22 bits per heavy atom. The van der Waals surface area contributed by atoms with Gasteiger partial charge in [0.25, 0.3) is 5.91 Å². The largest absolute Gasteiger partial charge is 0.507 e. The number of nitrogens with zero attached hydrogens (tertiary/aromatic N) is 3. The number of hydrogen-bond donors (Lipinski definition) is 3. The lowest BCUT2D eigenvalue weighted by molar-refractivity contribution is 0.0636. The predicted octanol–water partition coefficient (Wildman–Crippen LogP) is 4.56. The zero-order valence-corrected chi connectivity index (χ0v) is 19.8. The van der Waals surface area contributed by atoms with E-state index in [0.717, 1.165) is 32.5 Å². The van der Waals surface area contributed by atoms with Crippen LogP contribution < -0.4 is 5.32 Å². The van der Waals surface area contributed by atoms with Crippen LogP contribution in [0.3, 0.4) is 0 Å². The third-order valence-electron chi connectivity index (χ3n) is 6.45. The van der Waals surface area contributed by atoms with E-state index in [2.05, 4.69) is 15.4 Å². The van der Waals surface area contributed by atoms with Gasteiger partial charge in [-0.05, 0) is 73.7 Å². The highest BCUT2D eigenvalue weighted by molar-refractivity contribution is 5.94. The molecule has 2 heterocycles. The molecule has 184 valence electrons. The van der Waals surface area contributed by atoms with Crippen molar-refractivity contribution in [3.63, 3.8) is 0 Å². The van der Waals surface area contributed by atoms with Gasteiger partial charge in [-0.25, -0.2) is 9.67 Å². The fourth-order valence-corrected chi connectivity index (χ4v) is 4.39. The standard InChI is InChI=1S/C28H28N4O4/c33-24-7-3-1-5-22(24)26-30-27(23-6-2-4-8-25(23)34)32(31-26)21-11-9-20(10-12-21)28(35)29-16-13-19-14-17-36-18-15-19/h1-12,19,33-34H,13-18H2,(H,29,35). The fraction of sp³-hybridized carbons (Fsp3) is 0.250. The maximum absolute atomic E-state index is 12.7. The minimum absolute atomic E-state index is 0.0613. The summed E-state index contributed by atoms with van der Waals surface area (Å²) in [5, 5.41) is 28.4. The van der Waals surface area contributed by atoms with Crippen molar-refractivity contribution in [2.45, 2.75) is 19.3 Å². The van der Waals surface area contributed by atoms with Crippen molar-refractivity contribution in [3.05, 3.63) is 78.4 Å². The molecular formula is C28H28N4O4. The van der Waals surface area contributed by atoms with Crippen LogP contribution in [-0.2, 0) is 4.74 Å². The van der Waals surface area contributed by atoms with Gasteiger partial charge in [0, 0.05) is 25.3 Å². The number of hydrogen-bond acceptors (Lipinski definition) is 6. The molecule has 0 unspecified atom stereocenters. The van der Waals surface area contributed by atoms with Crippen LogP contribution in [0.2, 0.25) is 0 Å². The number of phenols is 2. The van der Waals surface area contributed by atoms with Crippen molar-refractivity contribution in [2.75, 3.05) is 19.8 Å². The molecule has 1 fully saturated rings. The number of nitrogens with one attached hydrogen (secondary N) is 1. The van der Waals surface area contributed by atoms with Gasteiger partial charge in [0.05, 0.1) is 16.8 Å². The van der Waals surface area contributed by atoms with Crippen molar-refractivity contribution in [2.24, 2.45) is 5.92 Å². The number of aromatic nitrogens is 3. The van der Waals surface area contributed by atoms with Gasteiger partial charge in [0.15, 0.2) is 11.6 Å². The van der Waals surface area contributed by atoms with E-state index >= 15 is 0 Å². The number of carbonyl (C=O) groups is 1. The molecule has 1 saturated heterocycles. The summed E-state index contributed by atoms with van der Waals surface area (Å²) in [5.74, 6) is 1.34. The number of ether oxygens (including phenoxy) is 1.